The largest absolute Gasteiger partial charge is 0.493 e. The fourth-order valence-electron chi connectivity index (χ4n) is 4.06. The summed E-state index contributed by atoms with van der Waals surface area (Å²) in [5, 5.41) is 3.01. The number of methoxy groups -OCH3 is 2. The zero-order chi connectivity index (χ0) is 21.5. The number of likely N-dealkylation sites (tertiary alicyclic amines) is 1. The Morgan fingerprint density at radius 2 is 1.87 bits per heavy atom. The summed E-state index contributed by atoms with van der Waals surface area (Å²) < 4.78 is 11.1. The Bertz CT molecular complexity index is 869. The summed E-state index contributed by atoms with van der Waals surface area (Å²) in [6, 6.07) is 15.0. The number of benzene rings is 2. The molecule has 0 radical (unpaired) electrons. The second-order valence-electron chi connectivity index (χ2n) is 7.48. The van der Waals surface area contributed by atoms with Crippen LogP contribution >= 0.6 is 0 Å². The monoisotopic (exact) mass is 410 g/mol. The van der Waals surface area contributed by atoms with E-state index in [2.05, 4.69) is 12.2 Å². The lowest BCUT2D eigenvalue weighted by Gasteiger charge is -2.30. The molecule has 0 spiro atoms. The van der Waals surface area contributed by atoms with Crippen LogP contribution in [-0.2, 0) is 16.1 Å². The van der Waals surface area contributed by atoms with Gasteiger partial charge in [-0.1, -0.05) is 55.8 Å². The summed E-state index contributed by atoms with van der Waals surface area (Å²) in [7, 11) is 3.17. The number of nitrogens with one attached hydrogen (secondary N) is 1. The van der Waals surface area contributed by atoms with Gasteiger partial charge in [-0.3, -0.25) is 9.59 Å². The Kier molecular flexibility index (Phi) is 7.33. The average Bonchev–Trinajstić information content (AvgIpc) is 3.11. The standard InChI is InChI=1S/C24H30N2O4/c1-4-5-14-26-21(27)15-19(24(28)25-16-17-10-7-6-8-11-17)22(26)18-12-9-13-20(29-2)23(18)30-3/h6-13,19,22H,4-5,14-16H2,1-3H3,(H,25,28). The van der Waals surface area contributed by atoms with Crippen molar-refractivity contribution in [1.29, 1.82) is 0 Å². The van der Waals surface area contributed by atoms with Gasteiger partial charge in [-0.05, 0) is 18.1 Å². The first-order valence-corrected chi connectivity index (χ1v) is 10.4. The lowest BCUT2D eigenvalue weighted by Crippen LogP contribution is -2.36. The molecular formula is C24H30N2O4. The maximum atomic E-state index is 13.2. The molecule has 0 saturated carbocycles. The molecule has 1 heterocycles. The van der Waals surface area contributed by atoms with E-state index in [-0.39, 0.29) is 24.3 Å². The van der Waals surface area contributed by atoms with Gasteiger partial charge < -0.3 is 19.7 Å². The van der Waals surface area contributed by atoms with Crippen LogP contribution in [-0.4, -0.2) is 37.5 Å². The molecule has 0 aromatic heterocycles. The van der Waals surface area contributed by atoms with Crippen LogP contribution in [0.15, 0.2) is 48.5 Å². The van der Waals surface area contributed by atoms with E-state index in [4.69, 9.17) is 9.47 Å². The number of unbranched alkanes of at least 4 members (excludes halogenated alkanes) is 1. The molecule has 6 nitrogen and oxygen atoms in total. The van der Waals surface area contributed by atoms with E-state index in [9.17, 15) is 9.59 Å². The first-order valence-electron chi connectivity index (χ1n) is 10.4. The minimum atomic E-state index is -0.487. The molecule has 2 atom stereocenters. The van der Waals surface area contributed by atoms with Crippen LogP contribution in [0.25, 0.3) is 0 Å². The summed E-state index contributed by atoms with van der Waals surface area (Å²) in [6.45, 7) is 3.13. The summed E-state index contributed by atoms with van der Waals surface area (Å²) in [6.07, 6.45) is 2.04. The minimum Gasteiger partial charge on any atom is -0.493 e. The number of hydrogen-bond donors (Lipinski definition) is 1. The van der Waals surface area contributed by atoms with E-state index in [1.807, 2.05) is 53.4 Å². The normalized spacial score (nSPS) is 18.4. The molecular weight excluding hydrogens is 380 g/mol. The number of amides is 2. The van der Waals surface area contributed by atoms with Gasteiger partial charge in [0.05, 0.1) is 26.2 Å². The summed E-state index contributed by atoms with van der Waals surface area (Å²) in [5.74, 6) is 0.550. The van der Waals surface area contributed by atoms with Gasteiger partial charge in [0.2, 0.25) is 11.8 Å². The zero-order valence-electron chi connectivity index (χ0n) is 17.9. The third kappa shape index (κ3) is 4.58. The van der Waals surface area contributed by atoms with Crippen molar-refractivity contribution < 1.29 is 19.1 Å². The van der Waals surface area contributed by atoms with Crippen molar-refractivity contribution in [3.63, 3.8) is 0 Å². The Labute approximate surface area is 178 Å². The SMILES string of the molecule is CCCCN1C(=O)CC(C(=O)NCc2ccccc2)C1c1cccc(OC)c1OC. The van der Waals surface area contributed by atoms with E-state index in [1.54, 1.807) is 14.2 Å². The summed E-state index contributed by atoms with van der Waals surface area (Å²) >= 11 is 0. The first-order chi connectivity index (χ1) is 14.6. The van der Waals surface area contributed by atoms with Crippen LogP contribution < -0.4 is 14.8 Å². The van der Waals surface area contributed by atoms with Gasteiger partial charge in [-0.2, -0.15) is 0 Å². The molecule has 1 aliphatic rings. The van der Waals surface area contributed by atoms with Crippen LogP contribution in [0.1, 0.15) is 43.4 Å². The van der Waals surface area contributed by atoms with Gasteiger partial charge in [0.15, 0.2) is 11.5 Å². The van der Waals surface area contributed by atoms with Crippen LogP contribution in [0, 0.1) is 5.92 Å². The Morgan fingerprint density at radius 1 is 1.10 bits per heavy atom. The third-order valence-corrected chi connectivity index (χ3v) is 5.58. The molecule has 0 aliphatic carbocycles. The Morgan fingerprint density at radius 3 is 2.53 bits per heavy atom. The number of carbonyl (C=O) groups is 2. The molecule has 0 bridgehead atoms. The van der Waals surface area contributed by atoms with Gasteiger partial charge in [0, 0.05) is 25.1 Å². The zero-order valence-corrected chi connectivity index (χ0v) is 17.9. The smallest absolute Gasteiger partial charge is 0.226 e. The molecule has 30 heavy (non-hydrogen) atoms. The molecule has 1 N–H and O–H groups in total. The fraction of sp³-hybridized carbons (Fsp3) is 0.417. The number of carbonyl (C=O) groups excluding carboxylic acids is 2. The van der Waals surface area contributed by atoms with Crippen molar-refractivity contribution in [3.05, 3.63) is 59.7 Å². The highest BCUT2D eigenvalue weighted by atomic mass is 16.5. The van der Waals surface area contributed by atoms with Crippen LogP contribution in [0.5, 0.6) is 11.5 Å². The molecule has 1 aliphatic heterocycles. The highest BCUT2D eigenvalue weighted by molar-refractivity contribution is 5.90. The van der Waals surface area contributed by atoms with E-state index >= 15 is 0 Å². The van der Waals surface area contributed by atoms with E-state index in [0.29, 0.717) is 24.6 Å². The van der Waals surface area contributed by atoms with Crippen LogP contribution in [0.3, 0.4) is 0 Å². The molecule has 3 rings (SSSR count). The second-order valence-corrected chi connectivity index (χ2v) is 7.48. The van der Waals surface area contributed by atoms with E-state index < -0.39 is 5.92 Å². The Hall–Kier alpha value is -3.02. The van der Waals surface area contributed by atoms with Crippen molar-refractivity contribution in [2.24, 2.45) is 5.92 Å². The molecule has 2 aromatic rings. The minimum absolute atomic E-state index is 0.00168. The highest BCUT2D eigenvalue weighted by Crippen LogP contribution is 2.45. The number of nitrogens with zero attached hydrogens (tertiary/aromatic N) is 1. The maximum Gasteiger partial charge on any atom is 0.226 e. The molecule has 2 aromatic carbocycles. The number of ether oxygens (including phenoxy) is 2. The van der Waals surface area contributed by atoms with Crippen molar-refractivity contribution in [3.8, 4) is 11.5 Å². The summed E-state index contributed by atoms with van der Waals surface area (Å²) in [5.41, 5.74) is 1.83. The van der Waals surface area contributed by atoms with Gasteiger partial charge in [0.1, 0.15) is 0 Å². The van der Waals surface area contributed by atoms with Crippen LogP contribution in [0.4, 0.5) is 0 Å². The average molecular weight is 411 g/mol. The van der Waals surface area contributed by atoms with Crippen LogP contribution in [0.2, 0.25) is 0 Å². The molecule has 1 fully saturated rings. The van der Waals surface area contributed by atoms with Crippen molar-refractivity contribution in [2.75, 3.05) is 20.8 Å². The predicted molar refractivity (Wildman–Crippen MR) is 115 cm³/mol. The second kappa shape index (κ2) is 10.1. The summed E-state index contributed by atoms with van der Waals surface area (Å²) in [4.78, 5) is 27.9. The van der Waals surface area contributed by atoms with Crippen molar-refractivity contribution >= 4 is 11.8 Å². The third-order valence-electron chi connectivity index (χ3n) is 5.58. The van der Waals surface area contributed by atoms with Gasteiger partial charge in [-0.15, -0.1) is 0 Å². The number of rotatable bonds is 9. The molecule has 6 heteroatoms. The van der Waals surface area contributed by atoms with Gasteiger partial charge in [0.25, 0.3) is 0 Å². The predicted octanol–water partition coefficient (Wildman–Crippen LogP) is 3.71. The van der Waals surface area contributed by atoms with Crippen molar-refractivity contribution in [1.82, 2.24) is 10.2 Å². The Balaban J connectivity index is 1.91. The number of para-hydroxylation sites is 1. The quantitative estimate of drug-likeness (QED) is 0.684. The topological polar surface area (TPSA) is 67.9 Å². The molecule has 160 valence electrons. The first kappa shape index (κ1) is 21.7. The fourth-order valence-corrected chi connectivity index (χ4v) is 4.06. The van der Waals surface area contributed by atoms with E-state index in [1.165, 1.54) is 0 Å². The highest BCUT2D eigenvalue weighted by Gasteiger charge is 2.45. The van der Waals surface area contributed by atoms with Gasteiger partial charge in [-0.25, -0.2) is 0 Å². The van der Waals surface area contributed by atoms with Gasteiger partial charge >= 0.3 is 0 Å². The van der Waals surface area contributed by atoms with E-state index in [0.717, 1.165) is 24.0 Å². The number of hydrogen-bond acceptors (Lipinski definition) is 4. The molecule has 1 saturated heterocycles. The van der Waals surface area contributed by atoms with Crippen molar-refractivity contribution in [2.45, 2.75) is 38.8 Å². The lowest BCUT2D eigenvalue weighted by molar-refractivity contribution is -0.129. The lowest BCUT2D eigenvalue weighted by atomic mass is 9.91. The molecule has 2 unspecified atom stereocenters. The maximum absolute atomic E-state index is 13.2. The molecule has 2 amide bonds.